The van der Waals surface area contributed by atoms with E-state index in [1.165, 1.54) is 23.5 Å². The summed E-state index contributed by atoms with van der Waals surface area (Å²) in [5.74, 6) is -0.389. The van der Waals surface area contributed by atoms with Gasteiger partial charge in [-0.25, -0.2) is 13.4 Å². The number of carbonyl (C=O) groups is 1. The third kappa shape index (κ3) is 3.66. The lowest BCUT2D eigenvalue weighted by atomic mass is 10.2. The molecule has 0 fully saturated rings. The van der Waals surface area contributed by atoms with Crippen LogP contribution in [0.3, 0.4) is 0 Å². The van der Waals surface area contributed by atoms with Gasteiger partial charge in [0, 0.05) is 23.9 Å². The number of amides is 1. The predicted molar refractivity (Wildman–Crippen MR) is 82.2 cm³/mol. The second-order valence-corrected chi connectivity index (χ2v) is 7.49. The van der Waals surface area contributed by atoms with Crippen LogP contribution in [0.4, 0.5) is 5.69 Å². The Hall–Kier alpha value is -1.77. The normalized spacial score (nSPS) is 11.4. The summed E-state index contributed by atoms with van der Waals surface area (Å²) in [6.07, 6.45) is 1.12. The lowest BCUT2D eigenvalue weighted by Crippen LogP contribution is -2.14. The second-order valence-electron chi connectivity index (χ2n) is 4.53. The van der Waals surface area contributed by atoms with Crippen molar-refractivity contribution < 1.29 is 13.2 Å². The van der Waals surface area contributed by atoms with E-state index in [-0.39, 0.29) is 23.0 Å². The van der Waals surface area contributed by atoms with Crippen molar-refractivity contribution in [2.24, 2.45) is 5.73 Å². The topological polar surface area (TPSA) is 102 Å². The summed E-state index contributed by atoms with van der Waals surface area (Å²) < 4.78 is 23.1. The molecule has 0 bridgehead atoms. The van der Waals surface area contributed by atoms with Gasteiger partial charge >= 0.3 is 0 Å². The van der Waals surface area contributed by atoms with E-state index in [1.54, 1.807) is 18.4 Å². The fourth-order valence-corrected chi connectivity index (χ4v) is 2.96. The minimum atomic E-state index is -3.32. The summed E-state index contributed by atoms with van der Waals surface area (Å²) in [4.78, 5) is 16.3. The number of hydrogen-bond acceptors (Lipinski definition) is 6. The van der Waals surface area contributed by atoms with Crippen molar-refractivity contribution >= 4 is 32.8 Å². The van der Waals surface area contributed by atoms with Crippen LogP contribution in [0.15, 0.2) is 28.5 Å². The van der Waals surface area contributed by atoms with Gasteiger partial charge in [-0.05, 0) is 24.6 Å². The maximum atomic E-state index is 12.1. The molecule has 112 valence electrons. The number of thiazole rings is 1. The van der Waals surface area contributed by atoms with E-state index in [1.807, 2.05) is 0 Å². The second kappa shape index (κ2) is 5.92. The summed E-state index contributed by atoms with van der Waals surface area (Å²) in [6.45, 7) is 2.06. The highest BCUT2D eigenvalue weighted by Gasteiger charge is 2.14. The van der Waals surface area contributed by atoms with Gasteiger partial charge in [-0.3, -0.25) is 4.79 Å². The summed E-state index contributed by atoms with van der Waals surface area (Å²) in [5.41, 5.74) is 6.94. The molecule has 0 atom stereocenters. The Morgan fingerprint density at radius 3 is 2.71 bits per heavy atom. The maximum absolute atomic E-state index is 12.1. The van der Waals surface area contributed by atoms with E-state index in [4.69, 9.17) is 5.73 Å². The first-order valence-electron chi connectivity index (χ1n) is 6.08. The number of aryl methyl sites for hydroxylation is 1. The number of anilines is 1. The SMILES string of the molecule is Cc1ccc(S(C)(=O)=O)cc1NC(=O)c1csc(CN)n1. The standard InChI is InChI=1S/C13H15N3O3S2/c1-8-3-4-9(21(2,18)19)5-10(8)16-13(17)11-7-20-12(6-14)15-11/h3-5,7H,6,14H2,1-2H3,(H,16,17). The van der Waals surface area contributed by atoms with Crippen molar-refractivity contribution in [3.8, 4) is 0 Å². The average molecular weight is 325 g/mol. The molecule has 6 nitrogen and oxygen atoms in total. The number of nitrogens with zero attached hydrogens (tertiary/aromatic N) is 1. The molecular weight excluding hydrogens is 310 g/mol. The van der Waals surface area contributed by atoms with Gasteiger partial charge < -0.3 is 11.1 Å². The van der Waals surface area contributed by atoms with Crippen LogP contribution in [0, 0.1) is 6.92 Å². The molecule has 0 radical (unpaired) electrons. The molecule has 2 rings (SSSR count). The van der Waals surface area contributed by atoms with Crippen molar-refractivity contribution in [2.75, 3.05) is 11.6 Å². The summed E-state index contributed by atoms with van der Waals surface area (Å²) >= 11 is 1.31. The molecule has 0 saturated carbocycles. The fourth-order valence-electron chi connectivity index (χ4n) is 1.66. The Balaban J connectivity index is 2.28. The monoisotopic (exact) mass is 325 g/mol. The third-order valence-electron chi connectivity index (χ3n) is 2.84. The molecule has 1 heterocycles. The number of hydrogen-bond donors (Lipinski definition) is 2. The molecule has 21 heavy (non-hydrogen) atoms. The molecule has 8 heteroatoms. The molecule has 1 aromatic carbocycles. The van der Waals surface area contributed by atoms with Crippen molar-refractivity contribution in [1.82, 2.24) is 4.98 Å². The zero-order valence-corrected chi connectivity index (χ0v) is 13.2. The van der Waals surface area contributed by atoms with E-state index in [2.05, 4.69) is 10.3 Å². The minimum absolute atomic E-state index is 0.157. The van der Waals surface area contributed by atoms with Gasteiger partial charge in [-0.1, -0.05) is 6.07 Å². The van der Waals surface area contributed by atoms with Crippen molar-refractivity contribution in [3.63, 3.8) is 0 Å². The van der Waals surface area contributed by atoms with E-state index in [9.17, 15) is 13.2 Å². The first-order chi connectivity index (χ1) is 9.81. The molecule has 2 aromatic rings. The highest BCUT2D eigenvalue weighted by molar-refractivity contribution is 7.90. The molecule has 1 aromatic heterocycles. The molecule has 3 N–H and O–H groups in total. The van der Waals surface area contributed by atoms with Crippen LogP contribution in [0.1, 0.15) is 21.1 Å². The first kappa shape index (κ1) is 15.6. The molecular formula is C13H15N3O3S2. The molecule has 0 spiro atoms. The Kier molecular flexibility index (Phi) is 4.40. The Morgan fingerprint density at radius 2 is 2.14 bits per heavy atom. The number of aromatic nitrogens is 1. The zero-order valence-electron chi connectivity index (χ0n) is 11.6. The Labute approximate surface area is 126 Å². The average Bonchev–Trinajstić information content (AvgIpc) is 2.88. The van der Waals surface area contributed by atoms with Crippen LogP contribution in [-0.4, -0.2) is 25.6 Å². The van der Waals surface area contributed by atoms with E-state index in [0.29, 0.717) is 10.7 Å². The lowest BCUT2D eigenvalue weighted by Gasteiger charge is -2.09. The van der Waals surface area contributed by atoms with Gasteiger partial charge in [0.25, 0.3) is 5.91 Å². The quantitative estimate of drug-likeness (QED) is 0.888. The van der Waals surface area contributed by atoms with Crippen LogP contribution >= 0.6 is 11.3 Å². The van der Waals surface area contributed by atoms with Crippen molar-refractivity contribution in [3.05, 3.63) is 39.8 Å². The smallest absolute Gasteiger partial charge is 0.275 e. The van der Waals surface area contributed by atoms with Gasteiger partial charge in [0.2, 0.25) is 0 Å². The number of carbonyl (C=O) groups excluding carboxylic acids is 1. The highest BCUT2D eigenvalue weighted by atomic mass is 32.2. The molecule has 0 saturated heterocycles. The highest BCUT2D eigenvalue weighted by Crippen LogP contribution is 2.21. The van der Waals surface area contributed by atoms with Gasteiger partial charge in [0.15, 0.2) is 9.84 Å². The van der Waals surface area contributed by atoms with Crippen LogP contribution in [0.25, 0.3) is 0 Å². The van der Waals surface area contributed by atoms with Crippen LogP contribution in [0.2, 0.25) is 0 Å². The molecule has 0 unspecified atom stereocenters. The lowest BCUT2D eigenvalue weighted by molar-refractivity contribution is 0.102. The fraction of sp³-hybridized carbons (Fsp3) is 0.231. The van der Waals surface area contributed by atoms with E-state index in [0.717, 1.165) is 11.8 Å². The molecule has 0 aliphatic heterocycles. The summed E-state index contributed by atoms with van der Waals surface area (Å²) in [7, 11) is -3.32. The summed E-state index contributed by atoms with van der Waals surface area (Å²) in [6, 6.07) is 4.60. The Morgan fingerprint density at radius 1 is 1.43 bits per heavy atom. The third-order valence-corrected chi connectivity index (χ3v) is 4.83. The predicted octanol–water partition coefficient (Wildman–Crippen LogP) is 1.57. The van der Waals surface area contributed by atoms with E-state index < -0.39 is 9.84 Å². The molecule has 0 aliphatic rings. The maximum Gasteiger partial charge on any atom is 0.275 e. The van der Waals surface area contributed by atoms with Crippen molar-refractivity contribution in [2.45, 2.75) is 18.4 Å². The number of nitrogens with two attached hydrogens (primary N) is 1. The number of benzene rings is 1. The number of rotatable bonds is 4. The molecule has 0 aliphatic carbocycles. The summed E-state index contributed by atoms with van der Waals surface area (Å²) in [5, 5.41) is 4.96. The van der Waals surface area contributed by atoms with Gasteiger partial charge in [0.05, 0.1) is 4.90 Å². The Bertz CT molecular complexity index is 782. The number of nitrogens with one attached hydrogen (secondary N) is 1. The molecule has 1 amide bonds. The van der Waals surface area contributed by atoms with Crippen LogP contribution < -0.4 is 11.1 Å². The minimum Gasteiger partial charge on any atom is -0.325 e. The number of sulfone groups is 1. The van der Waals surface area contributed by atoms with E-state index >= 15 is 0 Å². The largest absolute Gasteiger partial charge is 0.325 e. The van der Waals surface area contributed by atoms with Gasteiger partial charge in [0.1, 0.15) is 10.7 Å². The van der Waals surface area contributed by atoms with Crippen LogP contribution in [-0.2, 0) is 16.4 Å². The van der Waals surface area contributed by atoms with Gasteiger partial charge in [-0.15, -0.1) is 11.3 Å². The van der Waals surface area contributed by atoms with Gasteiger partial charge in [-0.2, -0.15) is 0 Å². The van der Waals surface area contributed by atoms with Crippen molar-refractivity contribution in [1.29, 1.82) is 0 Å². The zero-order chi connectivity index (χ0) is 15.6. The first-order valence-corrected chi connectivity index (χ1v) is 8.85. The van der Waals surface area contributed by atoms with Crippen LogP contribution in [0.5, 0.6) is 0 Å².